The van der Waals surface area contributed by atoms with Gasteiger partial charge in [0.25, 0.3) is 0 Å². The van der Waals surface area contributed by atoms with Crippen LogP contribution in [0.5, 0.6) is 0 Å². The van der Waals surface area contributed by atoms with Gasteiger partial charge in [0, 0.05) is 13.1 Å². The summed E-state index contributed by atoms with van der Waals surface area (Å²) >= 11 is 0. The number of hydrogen-bond acceptors (Lipinski definition) is 3. The lowest BCUT2D eigenvalue weighted by atomic mass is 9.89. The molecule has 0 bridgehead atoms. The zero-order valence-electron chi connectivity index (χ0n) is 15.4. The molecule has 0 fully saturated rings. The molecule has 0 saturated carbocycles. The van der Waals surface area contributed by atoms with Gasteiger partial charge in [-0.15, -0.1) is 0 Å². The number of unbranched alkanes of at least 4 members (excludes halogenated alkanes) is 3. The van der Waals surface area contributed by atoms with Crippen molar-refractivity contribution in [3.8, 4) is 0 Å². The first-order chi connectivity index (χ1) is 9.62. The quantitative estimate of drug-likeness (QED) is 0.620. The van der Waals surface area contributed by atoms with Gasteiger partial charge in [-0.2, -0.15) is 5.10 Å². The fourth-order valence-electron chi connectivity index (χ4n) is 2.83. The molecule has 0 aromatic carbocycles. The van der Waals surface area contributed by atoms with Gasteiger partial charge < -0.3 is 4.90 Å². The van der Waals surface area contributed by atoms with Crippen LogP contribution >= 0.6 is 0 Å². The summed E-state index contributed by atoms with van der Waals surface area (Å²) < 4.78 is 0. The van der Waals surface area contributed by atoms with Crippen LogP contribution in [0.2, 0.25) is 0 Å². The third kappa shape index (κ3) is 7.19. The Bertz CT molecular complexity index is 322. The van der Waals surface area contributed by atoms with Gasteiger partial charge in [0.15, 0.2) is 0 Å². The van der Waals surface area contributed by atoms with Crippen LogP contribution in [-0.4, -0.2) is 35.5 Å². The molecule has 0 aliphatic carbocycles. The molecular formula is C18H37N3. The maximum atomic E-state index is 4.70. The van der Waals surface area contributed by atoms with E-state index in [1.807, 2.05) is 0 Å². The molecule has 1 atom stereocenters. The highest BCUT2D eigenvalue weighted by molar-refractivity contribution is 5.57. The Balaban J connectivity index is 2.63. The average Bonchev–Trinajstić information content (AvgIpc) is 2.64. The first-order valence-electron chi connectivity index (χ1n) is 8.69. The minimum absolute atomic E-state index is 0.306. The van der Waals surface area contributed by atoms with Gasteiger partial charge in [-0.25, -0.2) is 0 Å². The van der Waals surface area contributed by atoms with Crippen molar-refractivity contribution in [3.05, 3.63) is 0 Å². The topological polar surface area (TPSA) is 18.8 Å². The van der Waals surface area contributed by atoms with Crippen LogP contribution < -0.4 is 0 Å². The average molecular weight is 296 g/mol. The fraction of sp³-hybridized carbons (Fsp3) is 0.944. The minimum Gasteiger partial charge on any atom is -0.339 e. The third-order valence-electron chi connectivity index (χ3n) is 3.77. The SMILES string of the molecule is CCCCCCN1N=CN(CC(C)(C)C)C1CC(C)(C)C. The molecule has 3 nitrogen and oxygen atoms in total. The second-order valence-corrected chi connectivity index (χ2v) is 8.93. The van der Waals surface area contributed by atoms with Crippen molar-refractivity contribution in [2.45, 2.75) is 86.7 Å². The molecule has 124 valence electrons. The van der Waals surface area contributed by atoms with Gasteiger partial charge in [-0.3, -0.25) is 5.01 Å². The molecule has 0 spiro atoms. The van der Waals surface area contributed by atoms with Gasteiger partial charge in [0.1, 0.15) is 12.5 Å². The molecule has 1 rings (SSSR count). The normalized spacial score (nSPS) is 19.7. The summed E-state index contributed by atoms with van der Waals surface area (Å²) in [5.41, 5.74) is 0.635. The van der Waals surface area contributed by atoms with Crippen molar-refractivity contribution in [2.24, 2.45) is 15.9 Å². The summed E-state index contributed by atoms with van der Waals surface area (Å²) in [6, 6.07) is 0. The highest BCUT2D eigenvalue weighted by Crippen LogP contribution is 2.30. The second-order valence-electron chi connectivity index (χ2n) is 8.93. The van der Waals surface area contributed by atoms with E-state index in [1.54, 1.807) is 0 Å². The Morgan fingerprint density at radius 1 is 0.952 bits per heavy atom. The predicted octanol–water partition coefficient (Wildman–Crippen LogP) is 4.94. The van der Waals surface area contributed by atoms with E-state index < -0.39 is 0 Å². The van der Waals surface area contributed by atoms with E-state index >= 15 is 0 Å². The zero-order valence-corrected chi connectivity index (χ0v) is 15.4. The molecular weight excluding hydrogens is 258 g/mol. The number of hydrogen-bond donors (Lipinski definition) is 0. The summed E-state index contributed by atoms with van der Waals surface area (Å²) in [5.74, 6) is 0. The Morgan fingerprint density at radius 3 is 2.14 bits per heavy atom. The van der Waals surface area contributed by atoms with E-state index in [4.69, 9.17) is 5.10 Å². The van der Waals surface area contributed by atoms with E-state index in [0.29, 0.717) is 17.0 Å². The van der Waals surface area contributed by atoms with E-state index in [1.165, 1.54) is 25.7 Å². The van der Waals surface area contributed by atoms with Gasteiger partial charge in [0.2, 0.25) is 0 Å². The number of rotatable bonds is 7. The molecule has 0 N–H and O–H groups in total. The van der Waals surface area contributed by atoms with Crippen LogP contribution in [-0.2, 0) is 0 Å². The fourth-order valence-corrected chi connectivity index (χ4v) is 2.83. The first kappa shape index (κ1) is 18.3. The molecule has 21 heavy (non-hydrogen) atoms. The minimum atomic E-state index is 0.306. The van der Waals surface area contributed by atoms with Gasteiger partial charge >= 0.3 is 0 Å². The first-order valence-corrected chi connectivity index (χ1v) is 8.69. The smallest absolute Gasteiger partial charge is 0.119 e. The molecule has 1 heterocycles. The van der Waals surface area contributed by atoms with Gasteiger partial charge in [0.05, 0.1) is 0 Å². The van der Waals surface area contributed by atoms with Crippen molar-refractivity contribution >= 4 is 6.34 Å². The third-order valence-corrected chi connectivity index (χ3v) is 3.77. The summed E-state index contributed by atoms with van der Waals surface area (Å²) in [6.07, 6.45) is 8.89. The van der Waals surface area contributed by atoms with Crippen LogP contribution in [0.3, 0.4) is 0 Å². The van der Waals surface area contributed by atoms with Gasteiger partial charge in [-0.1, -0.05) is 67.7 Å². The van der Waals surface area contributed by atoms with E-state index in [0.717, 1.165) is 19.5 Å². The van der Waals surface area contributed by atoms with Crippen LogP contribution in [0.25, 0.3) is 0 Å². The molecule has 0 aromatic heterocycles. The van der Waals surface area contributed by atoms with Crippen molar-refractivity contribution < 1.29 is 0 Å². The van der Waals surface area contributed by atoms with E-state index in [-0.39, 0.29) is 0 Å². The predicted molar refractivity (Wildman–Crippen MR) is 93.4 cm³/mol. The molecule has 1 aliphatic rings. The summed E-state index contributed by atoms with van der Waals surface area (Å²) in [6.45, 7) is 18.3. The Morgan fingerprint density at radius 2 is 1.62 bits per heavy atom. The van der Waals surface area contributed by atoms with Crippen LogP contribution in [0, 0.1) is 10.8 Å². The maximum Gasteiger partial charge on any atom is 0.119 e. The molecule has 3 heteroatoms. The van der Waals surface area contributed by atoms with Crippen molar-refractivity contribution in [1.82, 2.24) is 9.91 Å². The Kier molecular flexibility index (Phi) is 6.55. The molecule has 0 aromatic rings. The Labute approximate surface area is 132 Å². The lowest BCUT2D eigenvalue weighted by Crippen LogP contribution is -2.45. The van der Waals surface area contributed by atoms with Crippen LogP contribution in [0.4, 0.5) is 0 Å². The second kappa shape index (κ2) is 7.51. The highest BCUT2D eigenvalue weighted by atomic mass is 15.6. The highest BCUT2D eigenvalue weighted by Gasteiger charge is 2.33. The summed E-state index contributed by atoms with van der Waals surface area (Å²) in [7, 11) is 0. The monoisotopic (exact) mass is 295 g/mol. The van der Waals surface area contributed by atoms with Crippen LogP contribution in [0.1, 0.15) is 80.6 Å². The lowest BCUT2D eigenvalue weighted by molar-refractivity contribution is 0.0702. The zero-order chi connectivity index (χ0) is 16.1. The van der Waals surface area contributed by atoms with Crippen LogP contribution in [0.15, 0.2) is 5.10 Å². The maximum absolute atomic E-state index is 4.70. The number of hydrazone groups is 1. The molecule has 0 amide bonds. The molecule has 1 aliphatic heterocycles. The molecule has 1 unspecified atom stereocenters. The van der Waals surface area contributed by atoms with E-state index in [2.05, 4.69) is 64.7 Å². The number of nitrogens with zero attached hydrogens (tertiary/aromatic N) is 3. The molecule has 0 saturated heterocycles. The lowest BCUT2D eigenvalue weighted by Gasteiger charge is -2.37. The summed E-state index contributed by atoms with van der Waals surface area (Å²) in [4.78, 5) is 2.45. The standard InChI is InChI=1S/C18H37N3/c1-8-9-10-11-12-21-16(13-17(2,3)4)20(15-19-21)14-18(5,6)7/h15-16H,8-14H2,1-7H3. The Hall–Kier alpha value is -0.730. The van der Waals surface area contributed by atoms with E-state index in [9.17, 15) is 0 Å². The van der Waals surface area contributed by atoms with Crippen molar-refractivity contribution in [1.29, 1.82) is 0 Å². The van der Waals surface area contributed by atoms with Crippen molar-refractivity contribution in [3.63, 3.8) is 0 Å². The molecule has 0 radical (unpaired) electrons. The largest absolute Gasteiger partial charge is 0.339 e. The van der Waals surface area contributed by atoms with Crippen molar-refractivity contribution in [2.75, 3.05) is 13.1 Å². The van der Waals surface area contributed by atoms with Gasteiger partial charge in [-0.05, 0) is 23.7 Å². The summed E-state index contributed by atoms with van der Waals surface area (Å²) in [5, 5.41) is 7.02.